The minimum Gasteiger partial charge on any atom is -0.385 e. The minimum atomic E-state index is -0.239. The molecule has 2 aromatic rings. The van der Waals surface area contributed by atoms with Gasteiger partial charge in [0.25, 0.3) is 5.91 Å². The molecule has 1 amide bonds. The van der Waals surface area contributed by atoms with Gasteiger partial charge in [-0.05, 0) is 69.9 Å². The lowest BCUT2D eigenvalue weighted by Crippen LogP contribution is -2.17. The molecule has 0 bridgehead atoms. The van der Waals surface area contributed by atoms with Gasteiger partial charge >= 0.3 is 0 Å². The Kier molecular flexibility index (Phi) is 6.58. The van der Waals surface area contributed by atoms with Crippen molar-refractivity contribution in [2.24, 2.45) is 0 Å². The lowest BCUT2D eigenvalue weighted by atomic mass is 10.2. The fourth-order valence-electron chi connectivity index (χ4n) is 2.25. The van der Waals surface area contributed by atoms with Crippen molar-refractivity contribution in [3.05, 3.63) is 52.8 Å². The third-order valence-corrected chi connectivity index (χ3v) is 3.78. The zero-order valence-corrected chi connectivity index (χ0v) is 15.0. The number of anilines is 2. The summed E-state index contributed by atoms with van der Waals surface area (Å²) >= 11 is 5.93. The Balaban J connectivity index is 1.98. The predicted octanol–water partition coefficient (Wildman–Crippen LogP) is 3.66. The van der Waals surface area contributed by atoms with E-state index in [1.165, 1.54) is 0 Å². The molecule has 2 N–H and O–H groups in total. The number of nitrogens with one attached hydrogen (secondary N) is 2. The molecule has 0 atom stereocenters. The van der Waals surface area contributed by atoms with E-state index in [9.17, 15) is 4.79 Å². The van der Waals surface area contributed by atoms with E-state index in [0.717, 1.165) is 36.4 Å². The highest BCUT2D eigenvalue weighted by atomic mass is 35.5. The molecular weight excluding hydrogens is 324 g/mol. The molecule has 0 unspecified atom stereocenters. The Morgan fingerprint density at radius 1 is 1.25 bits per heavy atom. The second-order valence-corrected chi connectivity index (χ2v) is 6.36. The fourth-order valence-corrected chi connectivity index (χ4v) is 2.47. The molecule has 6 heteroatoms. The molecule has 0 saturated heterocycles. The summed E-state index contributed by atoms with van der Waals surface area (Å²) in [5, 5.41) is 6.83. The number of aryl methyl sites for hydroxylation is 1. The molecule has 0 spiro atoms. The fraction of sp³-hybridized carbons (Fsp3) is 0.333. The number of pyridine rings is 1. The molecule has 0 radical (unpaired) electrons. The number of amides is 1. The van der Waals surface area contributed by atoms with Crippen LogP contribution < -0.4 is 10.6 Å². The van der Waals surface area contributed by atoms with Gasteiger partial charge in [0.1, 0.15) is 5.69 Å². The maximum absolute atomic E-state index is 12.4. The molecule has 24 heavy (non-hydrogen) atoms. The molecule has 1 aromatic heterocycles. The molecule has 0 aliphatic rings. The Morgan fingerprint density at radius 2 is 2.04 bits per heavy atom. The van der Waals surface area contributed by atoms with E-state index in [-0.39, 0.29) is 5.91 Å². The quantitative estimate of drug-likeness (QED) is 0.751. The third-order valence-electron chi connectivity index (χ3n) is 3.54. The number of hydrogen-bond acceptors (Lipinski definition) is 4. The van der Waals surface area contributed by atoms with Crippen LogP contribution in [0.4, 0.5) is 11.4 Å². The Hall–Kier alpha value is -2.11. The minimum absolute atomic E-state index is 0.239. The summed E-state index contributed by atoms with van der Waals surface area (Å²) in [5.41, 5.74) is 2.91. The number of rotatable bonds is 7. The molecule has 1 aromatic carbocycles. The Bertz CT molecular complexity index is 703. The van der Waals surface area contributed by atoms with Crippen molar-refractivity contribution in [1.29, 1.82) is 0 Å². The number of carbonyl (C=O) groups is 1. The van der Waals surface area contributed by atoms with E-state index in [4.69, 9.17) is 11.6 Å². The predicted molar refractivity (Wildman–Crippen MR) is 100 cm³/mol. The first kappa shape index (κ1) is 18.2. The number of benzene rings is 1. The first-order chi connectivity index (χ1) is 11.5. The standard InChI is InChI=1S/C18H23ClN4O/c1-13-11-14(19)5-6-16(13)22-18(24)17-12-15(7-9-21-17)20-8-4-10-23(2)3/h5-7,9,11-12H,4,8,10H2,1-3H3,(H,20,21)(H,22,24). The Morgan fingerprint density at radius 3 is 2.75 bits per heavy atom. The van der Waals surface area contributed by atoms with Crippen LogP contribution in [0.25, 0.3) is 0 Å². The first-order valence-electron chi connectivity index (χ1n) is 7.88. The van der Waals surface area contributed by atoms with Gasteiger partial charge in [0, 0.05) is 29.1 Å². The van der Waals surface area contributed by atoms with E-state index in [2.05, 4.69) is 20.5 Å². The van der Waals surface area contributed by atoms with E-state index >= 15 is 0 Å². The van der Waals surface area contributed by atoms with Crippen molar-refractivity contribution in [3.8, 4) is 0 Å². The molecule has 2 rings (SSSR count). The number of hydrogen-bond donors (Lipinski definition) is 2. The van der Waals surface area contributed by atoms with Crippen LogP contribution in [0, 0.1) is 6.92 Å². The van der Waals surface area contributed by atoms with Gasteiger partial charge in [-0.15, -0.1) is 0 Å². The normalized spacial score (nSPS) is 10.7. The lowest BCUT2D eigenvalue weighted by molar-refractivity contribution is 0.102. The summed E-state index contributed by atoms with van der Waals surface area (Å²) in [7, 11) is 4.10. The van der Waals surface area contributed by atoms with E-state index in [1.54, 1.807) is 24.4 Å². The number of nitrogens with zero attached hydrogens (tertiary/aromatic N) is 2. The monoisotopic (exact) mass is 346 g/mol. The lowest BCUT2D eigenvalue weighted by Gasteiger charge is -2.12. The summed E-state index contributed by atoms with van der Waals surface area (Å²) in [6.45, 7) is 3.76. The van der Waals surface area contributed by atoms with Crippen molar-refractivity contribution in [1.82, 2.24) is 9.88 Å². The number of carbonyl (C=O) groups excluding carboxylic acids is 1. The number of halogens is 1. The average molecular weight is 347 g/mol. The van der Waals surface area contributed by atoms with Gasteiger partial charge in [-0.1, -0.05) is 11.6 Å². The van der Waals surface area contributed by atoms with E-state index < -0.39 is 0 Å². The van der Waals surface area contributed by atoms with Crippen LogP contribution in [0.2, 0.25) is 5.02 Å². The molecule has 0 fully saturated rings. The summed E-state index contributed by atoms with van der Waals surface area (Å²) < 4.78 is 0. The van der Waals surface area contributed by atoms with E-state index in [1.807, 2.05) is 33.2 Å². The summed E-state index contributed by atoms with van der Waals surface area (Å²) in [6, 6.07) is 8.97. The van der Waals surface area contributed by atoms with Gasteiger partial charge in [-0.2, -0.15) is 0 Å². The summed E-state index contributed by atoms with van der Waals surface area (Å²) in [6.07, 6.45) is 2.67. The van der Waals surface area contributed by atoms with Crippen LogP contribution in [0.1, 0.15) is 22.5 Å². The van der Waals surface area contributed by atoms with Crippen molar-refractivity contribution >= 4 is 28.9 Å². The van der Waals surface area contributed by atoms with Crippen LogP contribution in [0.5, 0.6) is 0 Å². The first-order valence-corrected chi connectivity index (χ1v) is 8.25. The molecule has 128 valence electrons. The second kappa shape index (κ2) is 8.66. The highest BCUT2D eigenvalue weighted by Crippen LogP contribution is 2.20. The third kappa shape index (κ3) is 5.51. The van der Waals surface area contributed by atoms with Gasteiger partial charge in [0.2, 0.25) is 0 Å². The van der Waals surface area contributed by atoms with Crippen LogP contribution in [-0.4, -0.2) is 43.0 Å². The molecule has 0 aliphatic carbocycles. The molecule has 0 saturated carbocycles. The molecule has 1 heterocycles. The summed E-state index contributed by atoms with van der Waals surface area (Å²) in [5.74, 6) is -0.239. The largest absolute Gasteiger partial charge is 0.385 e. The van der Waals surface area contributed by atoms with Gasteiger partial charge < -0.3 is 15.5 Å². The Labute approximate surface area is 148 Å². The molecule has 0 aliphatic heterocycles. The van der Waals surface area contributed by atoms with Crippen LogP contribution in [0.3, 0.4) is 0 Å². The van der Waals surface area contributed by atoms with Crippen LogP contribution in [-0.2, 0) is 0 Å². The van der Waals surface area contributed by atoms with Gasteiger partial charge in [-0.3, -0.25) is 9.78 Å². The zero-order valence-electron chi connectivity index (χ0n) is 14.3. The topological polar surface area (TPSA) is 57.3 Å². The highest BCUT2D eigenvalue weighted by molar-refractivity contribution is 6.30. The highest BCUT2D eigenvalue weighted by Gasteiger charge is 2.10. The second-order valence-electron chi connectivity index (χ2n) is 5.93. The average Bonchev–Trinajstić information content (AvgIpc) is 2.54. The van der Waals surface area contributed by atoms with Crippen LogP contribution in [0.15, 0.2) is 36.5 Å². The number of aromatic nitrogens is 1. The zero-order chi connectivity index (χ0) is 17.5. The summed E-state index contributed by atoms with van der Waals surface area (Å²) in [4.78, 5) is 18.7. The van der Waals surface area contributed by atoms with Crippen LogP contribution >= 0.6 is 11.6 Å². The van der Waals surface area contributed by atoms with Gasteiger partial charge in [0.15, 0.2) is 0 Å². The smallest absolute Gasteiger partial charge is 0.274 e. The van der Waals surface area contributed by atoms with Crippen molar-refractivity contribution in [2.45, 2.75) is 13.3 Å². The molecule has 5 nitrogen and oxygen atoms in total. The maximum Gasteiger partial charge on any atom is 0.274 e. The SMILES string of the molecule is Cc1cc(Cl)ccc1NC(=O)c1cc(NCCCN(C)C)ccn1. The van der Waals surface area contributed by atoms with Crippen molar-refractivity contribution in [2.75, 3.05) is 37.8 Å². The molecular formula is C18H23ClN4O. The van der Waals surface area contributed by atoms with E-state index in [0.29, 0.717) is 10.7 Å². The van der Waals surface area contributed by atoms with Gasteiger partial charge in [0.05, 0.1) is 0 Å². The van der Waals surface area contributed by atoms with Crippen molar-refractivity contribution in [3.63, 3.8) is 0 Å². The van der Waals surface area contributed by atoms with Gasteiger partial charge in [-0.25, -0.2) is 0 Å². The van der Waals surface area contributed by atoms with Crippen molar-refractivity contribution < 1.29 is 4.79 Å². The maximum atomic E-state index is 12.4.